The van der Waals surface area contributed by atoms with Crippen LogP contribution in [-0.2, 0) is 11.3 Å². The second kappa shape index (κ2) is 10.8. The fourth-order valence-electron chi connectivity index (χ4n) is 4.52. The van der Waals surface area contributed by atoms with Crippen molar-refractivity contribution in [1.82, 2.24) is 10.6 Å². The summed E-state index contributed by atoms with van der Waals surface area (Å²) in [5.41, 5.74) is 2.55. The maximum Gasteiger partial charge on any atom is 0.191 e. The van der Waals surface area contributed by atoms with Crippen LogP contribution in [0.4, 0.5) is 5.69 Å². The number of anilines is 1. The Hall–Kier alpha value is -1.79. The van der Waals surface area contributed by atoms with Gasteiger partial charge in [0.05, 0.1) is 6.61 Å². The minimum absolute atomic E-state index is 0.0116. The normalized spacial score (nSPS) is 23.2. The zero-order chi connectivity index (χ0) is 20.5. The number of aliphatic hydroxyl groups is 1. The highest BCUT2D eigenvalue weighted by Crippen LogP contribution is 2.31. The van der Waals surface area contributed by atoms with Gasteiger partial charge in [-0.3, -0.25) is 4.99 Å². The Kier molecular flexibility index (Phi) is 8.19. The number of nitrogens with zero attached hydrogens (tertiary/aromatic N) is 2. The van der Waals surface area contributed by atoms with Crippen LogP contribution in [0.15, 0.2) is 29.3 Å². The van der Waals surface area contributed by atoms with Gasteiger partial charge in [-0.05, 0) is 43.4 Å². The third-order valence-corrected chi connectivity index (χ3v) is 6.61. The average molecular weight is 403 g/mol. The van der Waals surface area contributed by atoms with Crippen LogP contribution in [-0.4, -0.2) is 57.6 Å². The molecule has 1 aliphatic heterocycles. The second-order valence-corrected chi connectivity index (χ2v) is 8.62. The number of ether oxygens (including phenoxy) is 1. The van der Waals surface area contributed by atoms with Gasteiger partial charge in [0.15, 0.2) is 5.96 Å². The number of hydrogen-bond donors (Lipinski definition) is 3. The van der Waals surface area contributed by atoms with E-state index in [-0.39, 0.29) is 12.0 Å². The maximum atomic E-state index is 9.38. The highest BCUT2D eigenvalue weighted by atomic mass is 16.5. The zero-order valence-corrected chi connectivity index (χ0v) is 18.1. The molecule has 1 heterocycles. The van der Waals surface area contributed by atoms with Gasteiger partial charge >= 0.3 is 0 Å². The number of aliphatic imine (C=N–C) groups is 1. The molecule has 0 aromatic heterocycles. The van der Waals surface area contributed by atoms with E-state index in [1.54, 1.807) is 7.05 Å². The zero-order valence-electron chi connectivity index (χ0n) is 18.1. The summed E-state index contributed by atoms with van der Waals surface area (Å²) in [7, 11) is 4.02. The van der Waals surface area contributed by atoms with Gasteiger partial charge in [-0.15, -0.1) is 0 Å². The van der Waals surface area contributed by atoms with Crippen LogP contribution in [0, 0.1) is 5.41 Å². The van der Waals surface area contributed by atoms with Gasteiger partial charge in [0, 0.05) is 57.5 Å². The number of nitrogens with one attached hydrogen (secondary N) is 2. The molecule has 1 saturated heterocycles. The van der Waals surface area contributed by atoms with Crippen molar-refractivity contribution < 1.29 is 9.84 Å². The van der Waals surface area contributed by atoms with E-state index in [4.69, 9.17) is 4.74 Å². The average Bonchev–Trinajstić information content (AvgIpc) is 3.23. The molecule has 1 aromatic carbocycles. The highest BCUT2D eigenvalue weighted by molar-refractivity contribution is 5.79. The van der Waals surface area contributed by atoms with Crippen LogP contribution in [0.1, 0.15) is 50.5 Å². The molecule has 0 amide bonds. The Bertz CT molecular complexity index is 635. The fraction of sp³-hybridized carbons (Fsp3) is 0.696. The van der Waals surface area contributed by atoms with E-state index < -0.39 is 0 Å². The molecule has 0 bridgehead atoms. The molecule has 0 spiro atoms. The summed E-state index contributed by atoms with van der Waals surface area (Å²) in [5, 5.41) is 16.2. The standard InChI is InChI=1S/C23H38N4O2/c1-24-22(26-17-23(12-14-28)13-15-29-18-23)25-16-19-8-10-21(11-9-19)27(2)20-6-4-3-5-7-20/h8-11,20,28H,3-7,12-18H2,1-2H3,(H2,24,25,26). The van der Waals surface area contributed by atoms with E-state index in [2.05, 4.69) is 51.8 Å². The number of hydrogen-bond acceptors (Lipinski definition) is 4. The van der Waals surface area contributed by atoms with Crippen molar-refractivity contribution in [1.29, 1.82) is 0 Å². The third kappa shape index (κ3) is 6.09. The van der Waals surface area contributed by atoms with Crippen molar-refractivity contribution in [2.45, 2.75) is 57.5 Å². The van der Waals surface area contributed by atoms with Gasteiger partial charge in [0.2, 0.25) is 0 Å². The topological polar surface area (TPSA) is 69.1 Å². The molecule has 1 unspecified atom stereocenters. The molecule has 162 valence electrons. The van der Waals surface area contributed by atoms with Crippen LogP contribution < -0.4 is 15.5 Å². The lowest BCUT2D eigenvalue weighted by molar-refractivity contribution is 0.127. The Morgan fingerprint density at radius 1 is 1.21 bits per heavy atom. The Morgan fingerprint density at radius 3 is 2.59 bits per heavy atom. The molecular weight excluding hydrogens is 364 g/mol. The summed E-state index contributed by atoms with van der Waals surface area (Å²) in [5.74, 6) is 0.789. The van der Waals surface area contributed by atoms with E-state index in [0.717, 1.165) is 38.5 Å². The second-order valence-electron chi connectivity index (χ2n) is 8.62. The Labute approximate surface area is 175 Å². The van der Waals surface area contributed by atoms with E-state index in [1.807, 2.05) is 0 Å². The highest BCUT2D eigenvalue weighted by Gasteiger charge is 2.34. The molecule has 2 fully saturated rings. The van der Waals surface area contributed by atoms with Crippen LogP contribution in [0.2, 0.25) is 0 Å². The maximum absolute atomic E-state index is 9.38. The molecule has 6 nitrogen and oxygen atoms in total. The molecule has 1 atom stereocenters. The molecule has 0 radical (unpaired) electrons. The molecule has 3 rings (SSSR count). The first-order chi connectivity index (χ1) is 14.2. The van der Waals surface area contributed by atoms with Crippen molar-refractivity contribution in [3.63, 3.8) is 0 Å². The summed E-state index contributed by atoms with van der Waals surface area (Å²) in [4.78, 5) is 6.79. The Balaban J connectivity index is 1.48. The first kappa shape index (κ1) is 21.9. The van der Waals surface area contributed by atoms with E-state index in [0.29, 0.717) is 12.6 Å². The van der Waals surface area contributed by atoms with E-state index in [9.17, 15) is 5.11 Å². The van der Waals surface area contributed by atoms with Gasteiger partial charge in [-0.25, -0.2) is 0 Å². The van der Waals surface area contributed by atoms with E-state index >= 15 is 0 Å². The van der Waals surface area contributed by atoms with Crippen molar-refractivity contribution in [2.24, 2.45) is 10.4 Å². The summed E-state index contributed by atoms with van der Waals surface area (Å²) < 4.78 is 5.57. The molecule has 2 aliphatic rings. The minimum atomic E-state index is 0.0116. The lowest BCUT2D eigenvalue weighted by Crippen LogP contribution is -2.44. The Morgan fingerprint density at radius 2 is 1.97 bits per heavy atom. The summed E-state index contributed by atoms with van der Waals surface area (Å²) in [6.07, 6.45) is 8.46. The SMILES string of the molecule is CN=C(NCc1ccc(N(C)C2CCCCC2)cc1)NCC1(CCO)CCOC1. The molecule has 29 heavy (non-hydrogen) atoms. The van der Waals surface area contributed by atoms with Crippen molar-refractivity contribution in [3.8, 4) is 0 Å². The van der Waals surface area contributed by atoms with Crippen molar-refractivity contribution in [2.75, 3.05) is 45.4 Å². The quantitative estimate of drug-likeness (QED) is 0.461. The molecule has 1 saturated carbocycles. The number of guanidine groups is 1. The van der Waals surface area contributed by atoms with Gasteiger partial charge < -0.3 is 25.4 Å². The number of benzene rings is 1. The van der Waals surface area contributed by atoms with E-state index in [1.165, 1.54) is 43.4 Å². The van der Waals surface area contributed by atoms with Crippen LogP contribution in [0.25, 0.3) is 0 Å². The largest absolute Gasteiger partial charge is 0.396 e. The molecular formula is C23H38N4O2. The summed E-state index contributed by atoms with van der Waals surface area (Å²) in [6, 6.07) is 9.54. The van der Waals surface area contributed by atoms with Crippen LogP contribution in [0.3, 0.4) is 0 Å². The smallest absolute Gasteiger partial charge is 0.191 e. The summed E-state index contributed by atoms with van der Waals surface area (Å²) >= 11 is 0. The van der Waals surface area contributed by atoms with Gasteiger partial charge in [-0.1, -0.05) is 31.4 Å². The lowest BCUT2D eigenvalue weighted by Gasteiger charge is -2.33. The van der Waals surface area contributed by atoms with Crippen LogP contribution in [0.5, 0.6) is 0 Å². The van der Waals surface area contributed by atoms with Gasteiger partial charge in [0.1, 0.15) is 0 Å². The van der Waals surface area contributed by atoms with Gasteiger partial charge in [-0.2, -0.15) is 0 Å². The number of rotatable bonds is 8. The number of aliphatic hydroxyl groups excluding tert-OH is 1. The molecule has 3 N–H and O–H groups in total. The van der Waals surface area contributed by atoms with Crippen molar-refractivity contribution in [3.05, 3.63) is 29.8 Å². The van der Waals surface area contributed by atoms with Crippen LogP contribution >= 0.6 is 0 Å². The first-order valence-corrected chi connectivity index (χ1v) is 11.1. The minimum Gasteiger partial charge on any atom is -0.396 e. The lowest BCUT2D eigenvalue weighted by atomic mass is 9.84. The van der Waals surface area contributed by atoms with Crippen molar-refractivity contribution >= 4 is 11.6 Å². The summed E-state index contributed by atoms with van der Waals surface area (Å²) in [6.45, 7) is 3.16. The monoisotopic (exact) mass is 402 g/mol. The molecule has 1 aliphatic carbocycles. The predicted octanol–water partition coefficient (Wildman–Crippen LogP) is 2.91. The fourth-order valence-corrected chi connectivity index (χ4v) is 4.52. The molecule has 1 aromatic rings. The predicted molar refractivity (Wildman–Crippen MR) is 119 cm³/mol. The molecule has 6 heteroatoms. The van der Waals surface area contributed by atoms with Gasteiger partial charge in [0.25, 0.3) is 0 Å². The first-order valence-electron chi connectivity index (χ1n) is 11.1. The third-order valence-electron chi connectivity index (χ3n) is 6.61.